The third kappa shape index (κ3) is 2.23. The van der Waals surface area contributed by atoms with Crippen molar-refractivity contribution in [3.8, 4) is 12.3 Å². The van der Waals surface area contributed by atoms with E-state index in [2.05, 4.69) is 23.1 Å². The maximum Gasteiger partial charge on any atom is 0.0683 e. The van der Waals surface area contributed by atoms with E-state index in [4.69, 9.17) is 6.42 Å². The molecule has 68 valence electrons. The van der Waals surface area contributed by atoms with Gasteiger partial charge >= 0.3 is 0 Å². The maximum absolute atomic E-state index is 5.38. The fourth-order valence-electron chi connectivity index (χ4n) is 1.70. The Morgan fingerprint density at radius 1 is 1.67 bits per heavy atom. The van der Waals surface area contributed by atoms with Gasteiger partial charge in [0.2, 0.25) is 0 Å². The van der Waals surface area contributed by atoms with E-state index in [9.17, 15) is 0 Å². The lowest BCUT2D eigenvalue weighted by molar-refractivity contribution is 0.176. The summed E-state index contributed by atoms with van der Waals surface area (Å²) in [5.74, 6) is 2.78. The van der Waals surface area contributed by atoms with Crippen molar-refractivity contribution < 1.29 is 0 Å². The third-order valence-electron chi connectivity index (χ3n) is 2.65. The maximum atomic E-state index is 5.38. The highest BCUT2D eigenvalue weighted by Gasteiger charge is 2.20. The van der Waals surface area contributed by atoms with E-state index in [0.717, 1.165) is 13.1 Å². The molecule has 0 radical (unpaired) electrons. The van der Waals surface area contributed by atoms with Crippen molar-refractivity contribution in [1.82, 2.24) is 10.2 Å². The molecule has 0 aromatic carbocycles. The second-order valence-corrected chi connectivity index (χ2v) is 3.47. The van der Waals surface area contributed by atoms with Crippen molar-refractivity contribution in [2.45, 2.75) is 31.8 Å². The van der Waals surface area contributed by atoms with Crippen LogP contribution in [0, 0.1) is 12.3 Å². The SMILES string of the molecule is C#CC(C)N1CCCC(NC)C1. The number of hydrogen-bond acceptors (Lipinski definition) is 2. The lowest BCUT2D eigenvalue weighted by Gasteiger charge is -2.34. The molecule has 1 aliphatic rings. The molecule has 0 aromatic rings. The Morgan fingerprint density at radius 2 is 2.42 bits per heavy atom. The molecule has 0 bridgehead atoms. The predicted octanol–water partition coefficient (Wildman–Crippen LogP) is 0.692. The molecule has 0 spiro atoms. The van der Waals surface area contributed by atoms with E-state index in [1.165, 1.54) is 12.8 Å². The summed E-state index contributed by atoms with van der Waals surface area (Å²) in [5, 5.41) is 3.30. The largest absolute Gasteiger partial charge is 0.316 e. The minimum absolute atomic E-state index is 0.293. The summed E-state index contributed by atoms with van der Waals surface area (Å²) in [4.78, 5) is 2.37. The number of hydrogen-bond donors (Lipinski definition) is 1. The zero-order valence-corrected chi connectivity index (χ0v) is 8.01. The summed E-state index contributed by atoms with van der Waals surface area (Å²) in [7, 11) is 2.02. The molecule has 2 atom stereocenters. The van der Waals surface area contributed by atoms with Crippen molar-refractivity contribution in [3.05, 3.63) is 0 Å². The molecule has 2 unspecified atom stereocenters. The predicted molar refractivity (Wildman–Crippen MR) is 51.9 cm³/mol. The van der Waals surface area contributed by atoms with Gasteiger partial charge in [0.1, 0.15) is 0 Å². The van der Waals surface area contributed by atoms with Crippen molar-refractivity contribution in [3.63, 3.8) is 0 Å². The first kappa shape index (κ1) is 9.57. The molecule has 1 saturated heterocycles. The molecule has 1 aliphatic heterocycles. The van der Waals surface area contributed by atoms with E-state index < -0.39 is 0 Å². The normalized spacial score (nSPS) is 27.9. The van der Waals surface area contributed by atoms with Gasteiger partial charge in [-0.3, -0.25) is 4.90 Å². The zero-order valence-electron chi connectivity index (χ0n) is 8.01. The van der Waals surface area contributed by atoms with Gasteiger partial charge in [-0.1, -0.05) is 5.92 Å². The van der Waals surface area contributed by atoms with Crippen LogP contribution in [0.3, 0.4) is 0 Å². The molecule has 12 heavy (non-hydrogen) atoms. The Labute approximate surface area is 75.3 Å². The summed E-state index contributed by atoms with van der Waals surface area (Å²) >= 11 is 0. The third-order valence-corrected chi connectivity index (χ3v) is 2.65. The first-order valence-corrected chi connectivity index (χ1v) is 4.65. The fourth-order valence-corrected chi connectivity index (χ4v) is 1.70. The molecule has 1 N–H and O–H groups in total. The minimum atomic E-state index is 0.293. The van der Waals surface area contributed by atoms with Crippen LogP contribution < -0.4 is 5.32 Å². The van der Waals surface area contributed by atoms with Crippen molar-refractivity contribution in [2.24, 2.45) is 0 Å². The van der Waals surface area contributed by atoms with Crippen LogP contribution in [0.15, 0.2) is 0 Å². The Balaban J connectivity index is 2.41. The molecule has 2 nitrogen and oxygen atoms in total. The van der Waals surface area contributed by atoms with Crippen molar-refractivity contribution in [2.75, 3.05) is 20.1 Å². The average molecular weight is 166 g/mol. The molecule has 0 aromatic heterocycles. The molecular weight excluding hydrogens is 148 g/mol. The lowest BCUT2D eigenvalue weighted by Crippen LogP contribution is -2.47. The second-order valence-electron chi connectivity index (χ2n) is 3.47. The van der Waals surface area contributed by atoms with Gasteiger partial charge in [-0.25, -0.2) is 0 Å². The van der Waals surface area contributed by atoms with Gasteiger partial charge in [-0.2, -0.15) is 0 Å². The molecular formula is C10H18N2. The van der Waals surface area contributed by atoms with Crippen LogP contribution >= 0.6 is 0 Å². The number of likely N-dealkylation sites (N-methyl/N-ethyl adjacent to an activating group) is 1. The molecule has 2 heteroatoms. The minimum Gasteiger partial charge on any atom is -0.316 e. The highest BCUT2D eigenvalue weighted by molar-refractivity contribution is 4.98. The summed E-state index contributed by atoms with van der Waals surface area (Å²) in [5.41, 5.74) is 0. The summed E-state index contributed by atoms with van der Waals surface area (Å²) in [6.07, 6.45) is 7.92. The van der Waals surface area contributed by atoms with Crippen LogP contribution in [-0.4, -0.2) is 37.1 Å². The highest BCUT2D eigenvalue weighted by atomic mass is 15.2. The topological polar surface area (TPSA) is 15.3 Å². The number of piperidine rings is 1. The molecule has 1 heterocycles. The molecule has 0 aliphatic carbocycles. The van der Waals surface area contributed by atoms with Crippen LogP contribution in [0.4, 0.5) is 0 Å². The number of terminal acetylenes is 1. The van der Waals surface area contributed by atoms with Crippen molar-refractivity contribution in [1.29, 1.82) is 0 Å². The quantitative estimate of drug-likeness (QED) is 0.607. The Hall–Kier alpha value is -0.520. The van der Waals surface area contributed by atoms with E-state index in [1.54, 1.807) is 0 Å². The first-order chi connectivity index (χ1) is 5.77. The van der Waals surface area contributed by atoms with Gasteiger partial charge in [0.05, 0.1) is 6.04 Å². The van der Waals surface area contributed by atoms with E-state index in [1.807, 2.05) is 7.05 Å². The summed E-state index contributed by atoms with van der Waals surface area (Å²) in [6, 6.07) is 0.927. The number of nitrogens with zero attached hydrogens (tertiary/aromatic N) is 1. The lowest BCUT2D eigenvalue weighted by atomic mass is 10.0. The number of nitrogens with one attached hydrogen (secondary N) is 1. The van der Waals surface area contributed by atoms with Crippen LogP contribution in [0.2, 0.25) is 0 Å². The smallest absolute Gasteiger partial charge is 0.0683 e. The fraction of sp³-hybridized carbons (Fsp3) is 0.800. The summed E-state index contributed by atoms with van der Waals surface area (Å²) in [6.45, 7) is 4.35. The second kappa shape index (κ2) is 4.49. The van der Waals surface area contributed by atoms with Gasteiger partial charge in [0.15, 0.2) is 0 Å². The van der Waals surface area contributed by atoms with Crippen molar-refractivity contribution >= 4 is 0 Å². The molecule has 1 rings (SSSR count). The van der Waals surface area contributed by atoms with Gasteiger partial charge in [0.25, 0.3) is 0 Å². The first-order valence-electron chi connectivity index (χ1n) is 4.65. The van der Waals surface area contributed by atoms with Crippen LogP contribution in [0.1, 0.15) is 19.8 Å². The standard InChI is InChI=1S/C10H18N2/c1-4-9(2)12-7-5-6-10(8-12)11-3/h1,9-11H,5-8H2,2-3H3. The van der Waals surface area contributed by atoms with E-state index in [-0.39, 0.29) is 0 Å². The van der Waals surface area contributed by atoms with Gasteiger partial charge in [0, 0.05) is 12.6 Å². The number of likely N-dealkylation sites (tertiary alicyclic amines) is 1. The Morgan fingerprint density at radius 3 is 3.00 bits per heavy atom. The van der Waals surface area contributed by atoms with Gasteiger partial charge in [-0.05, 0) is 33.4 Å². The number of rotatable bonds is 2. The average Bonchev–Trinajstić information content (AvgIpc) is 2.17. The van der Waals surface area contributed by atoms with Crippen LogP contribution in [0.25, 0.3) is 0 Å². The van der Waals surface area contributed by atoms with E-state index in [0.29, 0.717) is 12.1 Å². The van der Waals surface area contributed by atoms with Crippen LogP contribution in [0.5, 0.6) is 0 Å². The van der Waals surface area contributed by atoms with E-state index >= 15 is 0 Å². The Bertz CT molecular complexity index is 171. The molecule has 1 fully saturated rings. The molecule has 0 amide bonds. The highest BCUT2D eigenvalue weighted by Crippen LogP contribution is 2.11. The Kier molecular flexibility index (Phi) is 3.58. The zero-order chi connectivity index (χ0) is 8.97. The summed E-state index contributed by atoms with van der Waals surface area (Å²) < 4.78 is 0. The molecule has 0 saturated carbocycles. The van der Waals surface area contributed by atoms with Gasteiger partial charge in [-0.15, -0.1) is 6.42 Å². The van der Waals surface area contributed by atoms with Crippen LogP contribution in [-0.2, 0) is 0 Å². The van der Waals surface area contributed by atoms with Gasteiger partial charge < -0.3 is 5.32 Å². The monoisotopic (exact) mass is 166 g/mol.